The van der Waals surface area contributed by atoms with E-state index < -0.39 is 0 Å². The number of ether oxygens (including phenoxy) is 1. The highest BCUT2D eigenvalue weighted by Crippen LogP contribution is 2.10. The number of aromatic nitrogens is 3. The Morgan fingerprint density at radius 3 is 2.53 bits per heavy atom. The second-order valence-corrected chi connectivity index (χ2v) is 4.02. The normalized spacial score (nSPS) is 10.2. The van der Waals surface area contributed by atoms with Crippen molar-refractivity contribution in [3.05, 3.63) is 0 Å². The van der Waals surface area contributed by atoms with Crippen molar-refractivity contribution >= 4 is 17.8 Å². The summed E-state index contributed by atoms with van der Waals surface area (Å²) in [4.78, 5) is 23.6. The summed E-state index contributed by atoms with van der Waals surface area (Å²) in [5, 5.41) is 8.39. The summed E-state index contributed by atoms with van der Waals surface area (Å²) in [6.45, 7) is 6.18. The zero-order chi connectivity index (χ0) is 14.3. The van der Waals surface area contributed by atoms with Gasteiger partial charge < -0.3 is 20.7 Å². The summed E-state index contributed by atoms with van der Waals surface area (Å²) in [7, 11) is 1.69. The Hall–Kier alpha value is -2.12. The second kappa shape index (κ2) is 7.34. The summed E-state index contributed by atoms with van der Waals surface area (Å²) in [5.41, 5.74) is 0. The topological polar surface area (TPSA) is 101 Å². The molecule has 0 atom stereocenters. The minimum absolute atomic E-state index is 0.0942. The third-order valence-electron chi connectivity index (χ3n) is 1.97. The smallest absolute Gasteiger partial charge is 0.323 e. The van der Waals surface area contributed by atoms with Crippen molar-refractivity contribution in [1.29, 1.82) is 0 Å². The van der Waals surface area contributed by atoms with E-state index in [1.807, 2.05) is 20.8 Å². The molecule has 1 heterocycles. The van der Waals surface area contributed by atoms with Crippen LogP contribution in [0.3, 0.4) is 0 Å². The Balaban J connectivity index is 2.66. The molecule has 0 aliphatic heterocycles. The van der Waals surface area contributed by atoms with Gasteiger partial charge in [0.15, 0.2) is 0 Å². The van der Waals surface area contributed by atoms with Crippen molar-refractivity contribution in [3.8, 4) is 6.01 Å². The SMILES string of the molecule is CCOc1nc(NC)nc(NCC(=O)NC(C)C)n1. The first kappa shape index (κ1) is 14.9. The van der Waals surface area contributed by atoms with Gasteiger partial charge in [0.05, 0.1) is 13.2 Å². The minimum atomic E-state index is -0.126. The number of amides is 1. The molecule has 1 aromatic heterocycles. The van der Waals surface area contributed by atoms with Crippen LogP contribution in [-0.2, 0) is 4.79 Å². The van der Waals surface area contributed by atoms with Crippen LogP contribution in [0, 0.1) is 0 Å². The van der Waals surface area contributed by atoms with Gasteiger partial charge in [-0.2, -0.15) is 15.0 Å². The van der Waals surface area contributed by atoms with E-state index in [1.54, 1.807) is 7.05 Å². The summed E-state index contributed by atoms with van der Waals surface area (Å²) < 4.78 is 5.22. The van der Waals surface area contributed by atoms with E-state index in [2.05, 4.69) is 30.9 Å². The molecule has 1 rings (SSSR count). The molecule has 0 radical (unpaired) electrons. The number of anilines is 2. The number of hydrogen-bond acceptors (Lipinski definition) is 7. The Morgan fingerprint density at radius 1 is 1.26 bits per heavy atom. The predicted molar refractivity (Wildman–Crippen MR) is 72.3 cm³/mol. The molecule has 3 N–H and O–H groups in total. The van der Waals surface area contributed by atoms with Crippen LogP contribution >= 0.6 is 0 Å². The van der Waals surface area contributed by atoms with Gasteiger partial charge in [-0.15, -0.1) is 0 Å². The van der Waals surface area contributed by atoms with E-state index >= 15 is 0 Å². The van der Waals surface area contributed by atoms with Crippen LogP contribution in [-0.4, -0.2) is 47.1 Å². The molecular weight excluding hydrogens is 248 g/mol. The van der Waals surface area contributed by atoms with Gasteiger partial charge in [-0.05, 0) is 20.8 Å². The van der Waals surface area contributed by atoms with E-state index in [4.69, 9.17) is 4.74 Å². The molecule has 0 spiro atoms. The van der Waals surface area contributed by atoms with Crippen LogP contribution in [0.5, 0.6) is 6.01 Å². The molecule has 19 heavy (non-hydrogen) atoms. The summed E-state index contributed by atoms with van der Waals surface area (Å²) in [5.74, 6) is 0.548. The Labute approximate surface area is 112 Å². The largest absolute Gasteiger partial charge is 0.464 e. The molecular formula is C11H20N6O2. The molecule has 0 aromatic carbocycles. The summed E-state index contributed by atoms with van der Waals surface area (Å²) in [6, 6.07) is 0.313. The Kier molecular flexibility index (Phi) is 5.77. The van der Waals surface area contributed by atoms with Gasteiger partial charge >= 0.3 is 6.01 Å². The van der Waals surface area contributed by atoms with Gasteiger partial charge in [-0.3, -0.25) is 4.79 Å². The monoisotopic (exact) mass is 268 g/mol. The lowest BCUT2D eigenvalue weighted by Gasteiger charge is -2.10. The average Bonchev–Trinajstić information content (AvgIpc) is 2.35. The molecule has 0 bridgehead atoms. The standard InChI is InChI=1S/C11H20N6O2/c1-5-19-11-16-9(12-4)15-10(17-11)13-6-8(18)14-7(2)3/h7H,5-6H2,1-4H3,(H,14,18)(H2,12,13,15,16,17). The van der Waals surface area contributed by atoms with Gasteiger partial charge in [-0.1, -0.05) is 0 Å². The van der Waals surface area contributed by atoms with E-state index in [1.165, 1.54) is 0 Å². The molecule has 0 saturated heterocycles. The highest BCUT2D eigenvalue weighted by atomic mass is 16.5. The zero-order valence-electron chi connectivity index (χ0n) is 11.6. The molecule has 0 unspecified atom stereocenters. The van der Waals surface area contributed by atoms with Gasteiger partial charge in [0, 0.05) is 13.1 Å². The maximum Gasteiger partial charge on any atom is 0.323 e. The zero-order valence-corrected chi connectivity index (χ0v) is 11.6. The molecule has 0 aliphatic rings. The van der Waals surface area contributed by atoms with Crippen molar-refractivity contribution in [2.24, 2.45) is 0 Å². The number of rotatable bonds is 7. The summed E-state index contributed by atoms with van der Waals surface area (Å²) in [6.07, 6.45) is 0. The highest BCUT2D eigenvalue weighted by Gasteiger charge is 2.08. The molecule has 8 nitrogen and oxygen atoms in total. The van der Waals surface area contributed by atoms with Crippen molar-refractivity contribution in [3.63, 3.8) is 0 Å². The van der Waals surface area contributed by atoms with Gasteiger partial charge in [0.25, 0.3) is 0 Å². The number of nitrogens with one attached hydrogen (secondary N) is 3. The van der Waals surface area contributed by atoms with Crippen LogP contribution in [0.15, 0.2) is 0 Å². The lowest BCUT2D eigenvalue weighted by molar-refractivity contribution is -0.119. The molecule has 0 aliphatic carbocycles. The molecule has 0 saturated carbocycles. The maximum atomic E-state index is 11.5. The van der Waals surface area contributed by atoms with Gasteiger partial charge in [-0.25, -0.2) is 0 Å². The van der Waals surface area contributed by atoms with Gasteiger partial charge in [0.2, 0.25) is 17.8 Å². The maximum absolute atomic E-state index is 11.5. The van der Waals surface area contributed by atoms with Crippen LogP contribution in [0.4, 0.5) is 11.9 Å². The fourth-order valence-corrected chi connectivity index (χ4v) is 1.27. The molecule has 0 fully saturated rings. The molecule has 106 valence electrons. The Bertz CT molecular complexity index is 424. The van der Waals surface area contributed by atoms with Crippen molar-refractivity contribution in [1.82, 2.24) is 20.3 Å². The number of hydrogen-bond donors (Lipinski definition) is 3. The van der Waals surface area contributed by atoms with E-state index in [0.29, 0.717) is 18.5 Å². The lowest BCUT2D eigenvalue weighted by Crippen LogP contribution is -2.35. The van der Waals surface area contributed by atoms with Crippen LogP contribution < -0.4 is 20.7 Å². The van der Waals surface area contributed by atoms with Crippen molar-refractivity contribution in [2.75, 3.05) is 30.8 Å². The highest BCUT2D eigenvalue weighted by molar-refractivity contribution is 5.80. The third kappa shape index (κ3) is 5.36. The van der Waals surface area contributed by atoms with Crippen LogP contribution in [0.2, 0.25) is 0 Å². The fourth-order valence-electron chi connectivity index (χ4n) is 1.27. The fraction of sp³-hybridized carbons (Fsp3) is 0.636. The first-order valence-electron chi connectivity index (χ1n) is 6.15. The third-order valence-corrected chi connectivity index (χ3v) is 1.97. The average molecular weight is 268 g/mol. The van der Waals surface area contributed by atoms with Crippen molar-refractivity contribution < 1.29 is 9.53 Å². The molecule has 1 aromatic rings. The number of nitrogens with zero attached hydrogens (tertiary/aromatic N) is 3. The lowest BCUT2D eigenvalue weighted by atomic mass is 10.4. The van der Waals surface area contributed by atoms with Gasteiger partial charge in [0.1, 0.15) is 0 Å². The van der Waals surface area contributed by atoms with Crippen LogP contribution in [0.1, 0.15) is 20.8 Å². The van der Waals surface area contributed by atoms with E-state index in [0.717, 1.165) is 0 Å². The van der Waals surface area contributed by atoms with Crippen molar-refractivity contribution in [2.45, 2.75) is 26.8 Å². The molecule has 1 amide bonds. The Morgan fingerprint density at radius 2 is 1.95 bits per heavy atom. The summed E-state index contributed by atoms with van der Waals surface area (Å²) >= 11 is 0. The predicted octanol–water partition coefficient (Wildman–Crippen LogP) is 0.249. The van der Waals surface area contributed by atoms with Crippen LogP contribution in [0.25, 0.3) is 0 Å². The first-order chi connectivity index (χ1) is 9.05. The quantitative estimate of drug-likeness (QED) is 0.651. The van der Waals surface area contributed by atoms with E-state index in [-0.39, 0.29) is 24.5 Å². The molecule has 8 heteroatoms. The number of carbonyl (C=O) groups is 1. The second-order valence-electron chi connectivity index (χ2n) is 4.02. The minimum Gasteiger partial charge on any atom is -0.464 e. The number of carbonyl (C=O) groups excluding carboxylic acids is 1. The van der Waals surface area contributed by atoms with E-state index in [9.17, 15) is 4.79 Å². The first-order valence-corrected chi connectivity index (χ1v) is 6.15.